The second kappa shape index (κ2) is 6.29. The highest BCUT2D eigenvalue weighted by Crippen LogP contribution is 2.24. The second-order valence-corrected chi connectivity index (χ2v) is 6.22. The minimum absolute atomic E-state index is 0.220. The Hall–Kier alpha value is -2.19. The third kappa shape index (κ3) is 3.18. The lowest BCUT2D eigenvalue weighted by molar-refractivity contribution is 0.490. The van der Waals surface area contributed by atoms with E-state index in [1.165, 1.54) is 22.1 Å². The highest BCUT2D eigenvalue weighted by Gasteiger charge is 2.08. The molecule has 1 unspecified atom stereocenters. The highest BCUT2D eigenvalue weighted by molar-refractivity contribution is 5.84. The molecule has 112 valence electrons. The quantitative estimate of drug-likeness (QED) is 0.772. The fourth-order valence-electron chi connectivity index (χ4n) is 2.60. The van der Waals surface area contributed by atoms with Crippen molar-refractivity contribution in [2.24, 2.45) is 11.7 Å². The molecule has 1 heterocycles. The Morgan fingerprint density at radius 3 is 2.41 bits per heavy atom. The Bertz CT molecular complexity index is 760. The van der Waals surface area contributed by atoms with Gasteiger partial charge < -0.3 is 5.73 Å². The molecule has 0 aliphatic carbocycles. The van der Waals surface area contributed by atoms with Crippen molar-refractivity contribution in [1.29, 1.82) is 0 Å². The first kappa shape index (κ1) is 14.7. The van der Waals surface area contributed by atoms with E-state index in [4.69, 9.17) is 5.73 Å². The number of rotatable bonds is 4. The number of hydrogen-bond acceptors (Lipinski definition) is 2. The average Bonchev–Trinajstić information content (AvgIpc) is 2.55. The van der Waals surface area contributed by atoms with Crippen molar-refractivity contribution < 1.29 is 0 Å². The second-order valence-electron chi connectivity index (χ2n) is 6.22. The van der Waals surface area contributed by atoms with Crippen LogP contribution in [0.3, 0.4) is 0 Å². The van der Waals surface area contributed by atoms with Crippen LogP contribution in [0.5, 0.6) is 0 Å². The molecule has 2 aromatic carbocycles. The van der Waals surface area contributed by atoms with E-state index >= 15 is 0 Å². The fourth-order valence-corrected chi connectivity index (χ4v) is 2.60. The molecule has 2 N–H and O–H groups in total. The highest BCUT2D eigenvalue weighted by atomic mass is 14.6. The van der Waals surface area contributed by atoms with Crippen molar-refractivity contribution >= 4 is 10.9 Å². The lowest BCUT2D eigenvalue weighted by Gasteiger charge is -2.15. The third-order valence-electron chi connectivity index (χ3n) is 4.22. The maximum Gasteiger partial charge on any atom is 0.0702 e. The summed E-state index contributed by atoms with van der Waals surface area (Å²) in [6.45, 7) is 4.34. The lowest BCUT2D eigenvalue weighted by Crippen LogP contribution is -2.28. The molecule has 0 spiro atoms. The Kier molecular flexibility index (Phi) is 4.21. The standard InChI is InChI=1S/C20H22N2/c1-14(2)19(21)12-15-5-7-16(8-6-15)17-9-10-20-18(13-17)4-3-11-22-20/h3-11,13-14,19H,12,21H2,1-2H3. The van der Waals surface area contributed by atoms with Crippen LogP contribution in [0.15, 0.2) is 60.8 Å². The van der Waals surface area contributed by atoms with Gasteiger partial charge in [0.25, 0.3) is 0 Å². The first-order valence-electron chi connectivity index (χ1n) is 7.83. The maximum absolute atomic E-state index is 6.15. The van der Waals surface area contributed by atoms with Gasteiger partial charge >= 0.3 is 0 Å². The molecule has 0 radical (unpaired) electrons. The van der Waals surface area contributed by atoms with Crippen molar-refractivity contribution in [3.05, 3.63) is 66.4 Å². The Labute approximate surface area is 132 Å². The summed E-state index contributed by atoms with van der Waals surface area (Å²) in [6.07, 6.45) is 2.76. The van der Waals surface area contributed by atoms with Gasteiger partial charge in [-0.05, 0) is 47.2 Å². The Morgan fingerprint density at radius 2 is 1.68 bits per heavy atom. The third-order valence-corrected chi connectivity index (χ3v) is 4.22. The van der Waals surface area contributed by atoms with Gasteiger partial charge in [0.15, 0.2) is 0 Å². The van der Waals surface area contributed by atoms with Crippen LogP contribution in [0.4, 0.5) is 0 Å². The van der Waals surface area contributed by atoms with E-state index in [1.54, 1.807) is 0 Å². The first-order valence-corrected chi connectivity index (χ1v) is 7.83. The fraction of sp³-hybridized carbons (Fsp3) is 0.250. The summed E-state index contributed by atoms with van der Waals surface area (Å²) < 4.78 is 0. The van der Waals surface area contributed by atoms with Crippen LogP contribution >= 0.6 is 0 Å². The summed E-state index contributed by atoms with van der Waals surface area (Å²) >= 11 is 0. The number of fused-ring (bicyclic) bond motifs is 1. The molecule has 2 heteroatoms. The van der Waals surface area contributed by atoms with Crippen molar-refractivity contribution in [1.82, 2.24) is 4.98 Å². The molecule has 2 nitrogen and oxygen atoms in total. The molecule has 0 aliphatic rings. The smallest absolute Gasteiger partial charge is 0.0702 e. The number of aromatic nitrogens is 1. The van der Waals surface area contributed by atoms with Crippen LogP contribution in [0.2, 0.25) is 0 Å². The van der Waals surface area contributed by atoms with Gasteiger partial charge in [0.1, 0.15) is 0 Å². The average molecular weight is 290 g/mol. The van der Waals surface area contributed by atoms with Crippen LogP contribution in [0.1, 0.15) is 19.4 Å². The van der Waals surface area contributed by atoms with Gasteiger partial charge in [-0.15, -0.1) is 0 Å². The lowest BCUT2D eigenvalue weighted by atomic mass is 9.95. The number of nitrogens with two attached hydrogens (primary N) is 1. The molecular formula is C20H22N2. The van der Waals surface area contributed by atoms with E-state index in [0.717, 1.165) is 11.9 Å². The molecule has 0 fully saturated rings. The van der Waals surface area contributed by atoms with E-state index in [-0.39, 0.29) is 6.04 Å². The molecule has 1 atom stereocenters. The molecule has 3 rings (SSSR count). The van der Waals surface area contributed by atoms with Gasteiger partial charge in [-0.1, -0.05) is 50.2 Å². The summed E-state index contributed by atoms with van der Waals surface area (Å²) in [7, 11) is 0. The summed E-state index contributed by atoms with van der Waals surface area (Å²) in [5.74, 6) is 0.507. The molecule has 0 saturated carbocycles. The topological polar surface area (TPSA) is 38.9 Å². The minimum Gasteiger partial charge on any atom is -0.327 e. The number of benzene rings is 2. The van der Waals surface area contributed by atoms with Crippen LogP contribution in [-0.4, -0.2) is 11.0 Å². The van der Waals surface area contributed by atoms with Crippen molar-refractivity contribution in [3.63, 3.8) is 0 Å². The molecule has 1 aromatic heterocycles. The number of nitrogens with zero attached hydrogens (tertiary/aromatic N) is 1. The SMILES string of the molecule is CC(C)C(N)Cc1ccc(-c2ccc3ncccc3c2)cc1. The van der Waals surface area contributed by atoms with Crippen molar-refractivity contribution in [2.75, 3.05) is 0 Å². The van der Waals surface area contributed by atoms with Gasteiger partial charge in [-0.3, -0.25) is 4.98 Å². The largest absolute Gasteiger partial charge is 0.327 e. The van der Waals surface area contributed by atoms with E-state index in [0.29, 0.717) is 5.92 Å². The van der Waals surface area contributed by atoms with Crippen molar-refractivity contribution in [2.45, 2.75) is 26.3 Å². The van der Waals surface area contributed by atoms with E-state index in [2.05, 4.69) is 67.4 Å². The van der Waals surface area contributed by atoms with Gasteiger partial charge in [0, 0.05) is 17.6 Å². The van der Waals surface area contributed by atoms with Crippen LogP contribution in [-0.2, 0) is 6.42 Å². The Morgan fingerprint density at radius 1 is 0.955 bits per heavy atom. The van der Waals surface area contributed by atoms with Gasteiger partial charge in [0.05, 0.1) is 5.52 Å². The molecular weight excluding hydrogens is 268 g/mol. The minimum atomic E-state index is 0.220. The number of hydrogen-bond donors (Lipinski definition) is 1. The zero-order valence-corrected chi connectivity index (χ0v) is 13.2. The van der Waals surface area contributed by atoms with Crippen LogP contribution < -0.4 is 5.73 Å². The summed E-state index contributed by atoms with van der Waals surface area (Å²) in [5.41, 5.74) is 10.9. The molecule has 22 heavy (non-hydrogen) atoms. The summed E-state index contributed by atoms with van der Waals surface area (Å²) in [4.78, 5) is 4.37. The first-order chi connectivity index (χ1) is 10.6. The molecule has 0 amide bonds. The van der Waals surface area contributed by atoms with Crippen LogP contribution in [0, 0.1) is 5.92 Å². The van der Waals surface area contributed by atoms with Crippen LogP contribution in [0.25, 0.3) is 22.0 Å². The summed E-state index contributed by atoms with van der Waals surface area (Å²) in [5, 5.41) is 1.17. The van der Waals surface area contributed by atoms with E-state index in [1.807, 2.05) is 12.3 Å². The Balaban J connectivity index is 1.85. The monoisotopic (exact) mass is 290 g/mol. The van der Waals surface area contributed by atoms with Crippen molar-refractivity contribution in [3.8, 4) is 11.1 Å². The molecule has 0 bridgehead atoms. The zero-order valence-electron chi connectivity index (χ0n) is 13.2. The normalized spacial score (nSPS) is 12.7. The van der Waals surface area contributed by atoms with Gasteiger partial charge in [-0.25, -0.2) is 0 Å². The molecule has 0 aliphatic heterocycles. The summed E-state index contributed by atoms with van der Waals surface area (Å²) in [6, 6.07) is 19.4. The zero-order chi connectivity index (χ0) is 15.5. The number of pyridine rings is 1. The van der Waals surface area contributed by atoms with E-state index < -0.39 is 0 Å². The van der Waals surface area contributed by atoms with Gasteiger partial charge in [0.2, 0.25) is 0 Å². The maximum atomic E-state index is 6.15. The predicted octanol–water partition coefficient (Wildman–Crippen LogP) is 4.43. The predicted molar refractivity (Wildman–Crippen MR) is 93.7 cm³/mol. The van der Waals surface area contributed by atoms with Gasteiger partial charge in [-0.2, -0.15) is 0 Å². The molecule has 0 saturated heterocycles. The molecule has 3 aromatic rings. The van der Waals surface area contributed by atoms with E-state index in [9.17, 15) is 0 Å².